The zero-order valence-corrected chi connectivity index (χ0v) is 12.4. The lowest BCUT2D eigenvalue weighted by atomic mass is 10.3. The Morgan fingerprint density at radius 3 is 2.79 bits per heavy atom. The van der Waals surface area contributed by atoms with E-state index in [2.05, 4.69) is 25.8 Å². The molecule has 0 bridgehead atoms. The van der Waals surface area contributed by atoms with Crippen LogP contribution in [0.2, 0.25) is 0 Å². The van der Waals surface area contributed by atoms with E-state index in [1.165, 1.54) is 24.5 Å². The van der Waals surface area contributed by atoms with Crippen molar-refractivity contribution < 1.29 is 12.8 Å². The summed E-state index contributed by atoms with van der Waals surface area (Å²) < 4.78 is 42.0. The highest BCUT2D eigenvalue weighted by atomic mass is 79.9. The molecule has 0 aliphatic rings. The van der Waals surface area contributed by atoms with Gasteiger partial charge in [-0.05, 0) is 25.1 Å². The molecule has 0 atom stereocenters. The standard InChI is InChI=1S/C11H11BrFN3O2S/c1-2-16-7-9(6-14-16)15-19(17,18)11-4-3-8(12)5-10(11)13/h3-7,15H,2H2,1H3. The molecule has 0 radical (unpaired) electrons. The molecule has 1 aromatic carbocycles. The van der Waals surface area contributed by atoms with Gasteiger partial charge in [0.1, 0.15) is 10.7 Å². The van der Waals surface area contributed by atoms with Crippen molar-refractivity contribution in [3.8, 4) is 0 Å². The zero-order valence-electron chi connectivity index (χ0n) is 9.97. The van der Waals surface area contributed by atoms with E-state index >= 15 is 0 Å². The third-order valence-electron chi connectivity index (χ3n) is 2.39. The van der Waals surface area contributed by atoms with Crippen molar-refractivity contribution in [2.45, 2.75) is 18.4 Å². The lowest BCUT2D eigenvalue weighted by molar-refractivity contribution is 0.570. The third kappa shape index (κ3) is 3.13. The molecule has 0 amide bonds. The van der Waals surface area contributed by atoms with Crippen LogP contribution in [0, 0.1) is 5.82 Å². The largest absolute Gasteiger partial charge is 0.276 e. The molecule has 0 aliphatic heterocycles. The van der Waals surface area contributed by atoms with Gasteiger partial charge in [0.25, 0.3) is 10.0 Å². The van der Waals surface area contributed by atoms with Gasteiger partial charge >= 0.3 is 0 Å². The maximum atomic E-state index is 13.7. The number of hydrogen-bond donors (Lipinski definition) is 1. The predicted octanol–water partition coefficient (Wildman–Crippen LogP) is 2.61. The molecule has 2 aromatic rings. The van der Waals surface area contributed by atoms with Gasteiger partial charge < -0.3 is 0 Å². The number of rotatable bonds is 4. The minimum absolute atomic E-state index is 0.296. The van der Waals surface area contributed by atoms with E-state index in [9.17, 15) is 12.8 Å². The molecule has 19 heavy (non-hydrogen) atoms. The molecule has 1 aromatic heterocycles. The normalized spacial score (nSPS) is 11.5. The first-order chi connectivity index (χ1) is 8.92. The number of aryl methyl sites for hydroxylation is 1. The fourth-order valence-corrected chi connectivity index (χ4v) is 2.91. The fourth-order valence-electron chi connectivity index (χ4n) is 1.49. The number of halogens is 2. The summed E-state index contributed by atoms with van der Waals surface area (Å²) in [6.07, 6.45) is 2.91. The first-order valence-electron chi connectivity index (χ1n) is 5.42. The maximum absolute atomic E-state index is 13.7. The molecule has 0 aliphatic carbocycles. The van der Waals surface area contributed by atoms with Crippen LogP contribution in [0.25, 0.3) is 0 Å². The predicted molar refractivity (Wildman–Crippen MR) is 72.8 cm³/mol. The van der Waals surface area contributed by atoms with Crippen molar-refractivity contribution in [1.82, 2.24) is 9.78 Å². The van der Waals surface area contributed by atoms with Crippen LogP contribution in [-0.2, 0) is 16.6 Å². The van der Waals surface area contributed by atoms with Gasteiger partial charge in [0.2, 0.25) is 0 Å². The number of nitrogens with one attached hydrogen (secondary N) is 1. The van der Waals surface area contributed by atoms with E-state index in [-0.39, 0.29) is 0 Å². The number of aromatic nitrogens is 2. The Morgan fingerprint density at radius 1 is 1.47 bits per heavy atom. The van der Waals surface area contributed by atoms with Gasteiger partial charge in [-0.2, -0.15) is 5.10 Å². The SMILES string of the molecule is CCn1cc(NS(=O)(=O)c2ccc(Br)cc2F)cn1. The molecule has 1 heterocycles. The Hall–Kier alpha value is -1.41. The van der Waals surface area contributed by atoms with Crippen molar-refractivity contribution in [3.05, 3.63) is 40.9 Å². The summed E-state index contributed by atoms with van der Waals surface area (Å²) in [7, 11) is -3.95. The number of sulfonamides is 1. The third-order valence-corrected chi connectivity index (χ3v) is 4.30. The molecule has 102 valence electrons. The van der Waals surface area contributed by atoms with Gasteiger partial charge in [-0.25, -0.2) is 12.8 Å². The monoisotopic (exact) mass is 347 g/mol. The Bertz CT molecular complexity index is 700. The van der Waals surface area contributed by atoms with E-state index < -0.39 is 20.7 Å². The van der Waals surface area contributed by atoms with E-state index in [1.807, 2.05) is 6.92 Å². The molecule has 0 fully saturated rings. The zero-order chi connectivity index (χ0) is 14.0. The molecule has 0 saturated carbocycles. The van der Waals surface area contributed by atoms with E-state index in [1.54, 1.807) is 4.68 Å². The number of anilines is 1. The van der Waals surface area contributed by atoms with E-state index in [4.69, 9.17) is 0 Å². The maximum Gasteiger partial charge on any atom is 0.264 e. The van der Waals surface area contributed by atoms with Crippen LogP contribution in [-0.4, -0.2) is 18.2 Å². The van der Waals surface area contributed by atoms with Crippen molar-refractivity contribution in [2.24, 2.45) is 0 Å². The number of benzene rings is 1. The summed E-state index contributed by atoms with van der Waals surface area (Å²) in [4.78, 5) is -0.403. The van der Waals surface area contributed by atoms with Gasteiger partial charge in [-0.1, -0.05) is 15.9 Å². The molecule has 0 saturated heterocycles. The van der Waals surface area contributed by atoms with Gasteiger partial charge in [-0.15, -0.1) is 0 Å². The second-order valence-electron chi connectivity index (χ2n) is 3.76. The summed E-state index contributed by atoms with van der Waals surface area (Å²) in [6.45, 7) is 2.49. The van der Waals surface area contributed by atoms with Crippen LogP contribution in [0.4, 0.5) is 10.1 Å². The molecule has 2 rings (SSSR count). The first-order valence-corrected chi connectivity index (χ1v) is 7.70. The van der Waals surface area contributed by atoms with E-state index in [0.29, 0.717) is 16.7 Å². The van der Waals surface area contributed by atoms with Crippen LogP contribution >= 0.6 is 15.9 Å². The highest BCUT2D eigenvalue weighted by Crippen LogP contribution is 2.21. The van der Waals surface area contributed by atoms with Crippen LogP contribution in [0.5, 0.6) is 0 Å². The molecule has 1 N–H and O–H groups in total. The highest BCUT2D eigenvalue weighted by Gasteiger charge is 2.19. The summed E-state index contributed by atoms with van der Waals surface area (Å²) in [5.74, 6) is -0.815. The Balaban J connectivity index is 2.32. The van der Waals surface area contributed by atoms with Gasteiger partial charge in [-0.3, -0.25) is 9.40 Å². The van der Waals surface area contributed by atoms with E-state index in [0.717, 1.165) is 6.07 Å². The molecule has 8 heteroatoms. The lowest BCUT2D eigenvalue weighted by Gasteiger charge is -2.07. The summed E-state index contributed by atoms with van der Waals surface area (Å²) >= 11 is 3.07. The minimum Gasteiger partial charge on any atom is -0.276 e. The Morgan fingerprint density at radius 2 is 2.21 bits per heavy atom. The first kappa shape index (κ1) is 14.0. The Labute approximate surface area is 118 Å². The van der Waals surface area contributed by atoms with Gasteiger partial charge in [0, 0.05) is 17.2 Å². The minimum atomic E-state index is -3.95. The van der Waals surface area contributed by atoms with Crippen LogP contribution in [0.15, 0.2) is 40.0 Å². The summed E-state index contributed by atoms with van der Waals surface area (Å²) in [5, 5.41) is 3.94. The molecular weight excluding hydrogens is 337 g/mol. The molecule has 0 spiro atoms. The van der Waals surface area contributed by atoms with Gasteiger partial charge in [0.05, 0.1) is 11.9 Å². The number of hydrogen-bond acceptors (Lipinski definition) is 3. The van der Waals surface area contributed by atoms with Crippen molar-refractivity contribution in [2.75, 3.05) is 4.72 Å². The number of nitrogens with zero attached hydrogens (tertiary/aromatic N) is 2. The lowest BCUT2D eigenvalue weighted by Crippen LogP contribution is -2.14. The Kier molecular flexibility index (Phi) is 3.91. The highest BCUT2D eigenvalue weighted by molar-refractivity contribution is 9.10. The van der Waals surface area contributed by atoms with Crippen molar-refractivity contribution in [1.29, 1.82) is 0 Å². The van der Waals surface area contributed by atoms with Gasteiger partial charge in [0.15, 0.2) is 0 Å². The van der Waals surface area contributed by atoms with Crippen LogP contribution < -0.4 is 4.72 Å². The topological polar surface area (TPSA) is 64.0 Å². The summed E-state index contributed by atoms with van der Waals surface area (Å²) in [5.41, 5.74) is 0.296. The smallest absolute Gasteiger partial charge is 0.264 e. The molecule has 0 unspecified atom stereocenters. The quantitative estimate of drug-likeness (QED) is 0.924. The average molecular weight is 348 g/mol. The molecule has 5 nitrogen and oxygen atoms in total. The fraction of sp³-hybridized carbons (Fsp3) is 0.182. The van der Waals surface area contributed by atoms with Crippen LogP contribution in [0.3, 0.4) is 0 Å². The second-order valence-corrected chi connectivity index (χ2v) is 6.33. The van der Waals surface area contributed by atoms with Crippen LogP contribution in [0.1, 0.15) is 6.92 Å². The second kappa shape index (κ2) is 5.30. The molecular formula is C11H11BrFN3O2S. The summed E-state index contributed by atoms with van der Waals surface area (Å²) in [6, 6.07) is 3.77. The average Bonchev–Trinajstić information content (AvgIpc) is 2.75. The van der Waals surface area contributed by atoms with Crippen molar-refractivity contribution in [3.63, 3.8) is 0 Å². The van der Waals surface area contributed by atoms with Crippen molar-refractivity contribution >= 4 is 31.6 Å².